The third-order valence-corrected chi connectivity index (χ3v) is 11.6. The monoisotopic (exact) mass is 890 g/mol. The number of rotatable bonds is 5. The summed E-state index contributed by atoms with van der Waals surface area (Å²) in [7, 11) is -1.37. The molecule has 0 atom stereocenters. The second-order valence-electron chi connectivity index (χ2n) is 16.2. The maximum absolute atomic E-state index is 6.32. The van der Waals surface area contributed by atoms with Gasteiger partial charge in [0.1, 0.15) is 5.58 Å². The van der Waals surface area contributed by atoms with E-state index in [0.717, 1.165) is 67.7 Å². The summed E-state index contributed by atoms with van der Waals surface area (Å²) >= 11 is 0. The number of fused-ring (bicyclic) bond motifs is 4. The maximum Gasteiger partial charge on any atom is 0.120 e. The molecule has 0 aliphatic rings. The van der Waals surface area contributed by atoms with Crippen LogP contribution in [0.25, 0.3) is 61.3 Å². The minimum Gasteiger partial charge on any atom is -0.501 e. The fraction of sp³-hybridized carbons (Fsp3) is 0.234. The minimum atomic E-state index is -1.37. The van der Waals surface area contributed by atoms with Crippen LogP contribution in [0, 0.1) is 38.3 Å². The van der Waals surface area contributed by atoms with Crippen LogP contribution in [0.5, 0.6) is 0 Å². The molecule has 0 aliphatic carbocycles. The Bertz CT molecular complexity index is 2530. The van der Waals surface area contributed by atoms with Crippen LogP contribution >= 0.6 is 0 Å². The summed E-state index contributed by atoms with van der Waals surface area (Å²) in [6, 6.07) is 42.0. The van der Waals surface area contributed by atoms with Gasteiger partial charge in [-0.3, -0.25) is 4.98 Å². The quantitative estimate of drug-likeness (QED) is 0.128. The number of nitrogens with zero attached hydrogens (tertiary/aromatic N) is 3. The van der Waals surface area contributed by atoms with E-state index in [2.05, 4.69) is 139 Å². The molecule has 3 heterocycles. The molecule has 6 heteroatoms. The van der Waals surface area contributed by atoms with E-state index in [9.17, 15) is 0 Å². The van der Waals surface area contributed by atoms with E-state index in [-0.39, 0.29) is 25.5 Å². The zero-order valence-electron chi connectivity index (χ0n) is 32.2. The van der Waals surface area contributed by atoms with E-state index in [1.54, 1.807) is 0 Å². The molecule has 3 aromatic heterocycles. The summed E-state index contributed by atoms with van der Waals surface area (Å²) in [5, 5.41) is 3.68. The number of aromatic nitrogens is 3. The summed E-state index contributed by atoms with van der Waals surface area (Å²) in [5.74, 6) is 0.848. The molecule has 0 aliphatic heterocycles. The van der Waals surface area contributed by atoms with E-state index in [0.29, 0.717) is 0 Å². The molecule has 271 valence electrons. The Morgan fingerprint density at radius 3 is 2.17 bits per heavy atom. The Kier molecular flexibility index (Phi) is 10.8. The molecule has 0 spiro atoms. The largest absolute Gasteiger partial charge is 0.501 e. The summed E-state index contributed by atoms with van der Waals surface area (Å²) < 4.78 is 8.58. The van der Waals surface area contributed by atoms with Gasteiger partial charge in [-0.05, 0) is 72.8 Å². The van der Waals surface area contributed by atoms with Gasteiger partial charge in [-0.25, -0.2) is 0 Å². The molecule has 53 heavy (non-hydrogen) atoms. The Balaban J connectivity index is 0.000000193. The van der Waals surface area contributed by atoms with Gasteiger partial charge in [0.25, 0.3) is 0 Å². The van der Waals surface area contributed by atoms with E-state index >= 15 is 0 Å². The van der Waals surface area contributed by atoms with Gasteiger partial charge >= 0.3 is 0 Å². The van der Waals surface area contributed by atoms with Crippen LogP contribution < -0.4 is 5.19 Å². The van der Waals surface area contributed by atoms with Gasteiger partial charge in [0.2, 0.25) is 0 Å². The molecule has 0 bridgehead atoms. The number of imidazole rings is 1. The van der Waals surface area contributed by atoms with E-state index in [1.807, 2.05) is 48.5 Å². The Hall–Kier alpha value is -4.61. The number of para-hydroxylation sites is 3. The minimum absolute atomic E-state index is 0. The van der Waals surface area contributed by atoms with Crippen molar-refractivity contribution in [1.82, 2.24) is 14.5 Å². The van der Waals surface area contributed by atoms with Crippen molar-refractivity contribution < 1.29 is 24.5 Å². The second-order valence-corrected chi connectivity index (χ2v) is 21.2. The number of benzene rings is 5. The Morgan fingerprint density at radius 2 is 1.47 bits per heavy atom. The van der Waals surface area contributed by atoms with Gasteiger partial charge in [-0.2, -0.15) is 0 Å². The van der Waals surface area contributed by atoms with Crippen molar-refractivity contribution in [3.05, 3.63) is 144 Å². The first kappa shape index (κ1) is 38.1. The van der Waals surface area contributed by atoms with Gasteiger partial charge < -0.3 is 14.0 Å². The van der Waals surface area contributed by atoms with Crippen molar-refractivity contribution in [2.45, 2.75) is 67.6 Å². The molecule has 8 aromatic rings. The van der Waals surface area contributed by atoms with Crippen molar-refractivity contribution >= 4 is 46.2 Å². The molecule has 0 fully saturated rings. The molecule has 0 saturated heterocycles. The number of hydrogen-bond acceptors (Lipinski definition) is 3. The van der Waals surface area contributed by atoms with Gasteiger partial charge in [-0.1, -0.05) is 111 Å². The van der Waals surface area contributed by atoms with Crippen molar-refractivity contribution in [3.63, 3.8) is 0 Å². The summed E-state index contributed by atoms with van der Waals surface area (Å²) in [4.78, 5) is 9.77. The number of aryl methyl sites for hydroxylation is 3. The van der Waals surface area contributed by atoms with E-state index in [1.165, 1.54) is 27.4 Å². The smallest absolute Gasteiger partial charge is 0.120 e. The summed E-state index contributed by atoms with van der Waals surface area (Å²) in [6.45, 7) is 20.6. The third-order valence-electron chi connectivity index (χ3n) is 9.49. The molecule has 0 saturated carbocycles. The molecule has 0 N–H and O–H groups in total. The Morgan fingerprint density at radius 1 is 0.774 bits per heavy atom. The van der Waals surface area contributed by atoms with E-state index < -0.39 is 8.07 Å². The number of pyridine rings is 1. The van der Waals surface area contributed by atoms with Crippen LogP contribution in [0.2, 0.25) is 19.6 Å². The summed E-state index contributed by atoms with van der Waals surface area (Å²) in [6.07, 6.45) is 3.21. The molecule has 4 nitrogen and oxygen atoms in total. The van der Waals surface area contributed by atoms with Crippen LogP contribution in [0.15, 0.2) is 114 Å². The SMILES string of the molecule is CC(C)(C)Cc1cc(-c2[c-]cccc2)ncc1[Si](C)(C)C.Cc1cc(C)c(-n2c(-c3[c-]ccc4c3oc3ccccc34)nc3ccccc32)c(C)c1.[Ir]. The van der Waals surface area contributed by atoms with Crippen LogP contribution in [-0.4, -0.2) is 22.6 Å². The standard InChI is InChI=1S/C28H21N2O.C19H26NSi.Ir/c1-17-15-18(2)26(19(3)16-17)30-24-13-6-5-12-23(24)29-28(30)22-11-8-10-21-20-9-4-7-14-25(20)31-27(21)22;1-19(2,3)13-16-12-17(15-10-8-7-9-11-15)20-14-18(16)21(4,5)6;/h4-10,12-16H,1-3H3;7-10,12,14H,13H2,1-6H3;/q2*-1;. The predicted octanol–water partition coefficient (Wildman–Crippen LogP) is 12.0. The van der Waals surface area contributed by atoms with E-state index in [4.69, 9.17) is 14.4 Å². The molecule has 8 rings (SSSR count). The normalized spacial score (nSPS) is 11.8. The van der Waals surface area contributed by atoms with Crippen molar-refractivity contribution in [1.29, 1.82) is 0 Å². The first-order valence-electron chi connectivity index (χ1n) is 18.1. The fourth-order valence-corrected chi connectivity index (χ4v) is 8.97. The van der Waals surface area contributed by atoms with Gasteiger partial charge in [-0.15, -0.1) is 54.1 Å². The number of hydrogen-bond donors (Lipinski definition) is 0. The van der Waals surface area contributed by atoms with Crippen molar-refractivity contribution in [2.24, 2.45) is 5.41 Å². The molecule has 5 aromatic carbocycles. The molecular weight excluding hydrogens is 843 g/mol. The summed E-state index contributed by atoms with van der Waals surface area (Å²) in [5.41, 5.74) is 13.3. The molecule has 1 radical (unpaired) electrons. The second kappa shape index (κ2) is 15.0. The van der Waals surface area contributed by atoms with Crippen LogP contribution in [0.1, 0.15) is 43.0 Å². The average molecular weight is 890 g/mol. The van der Waals surface area contributed by atoms with Crippen molar-refractivity contribution in [2.75, 3.05) is 0 Å². The maximum atomic E-state index is 6.32. The molecule has 0 unspecified atom stereocenters. The topological polar surface area (TPSA) is 43.9 Å². The number of furan rings is 1. The zero-order valence-corrected chi connectivity index (χ0v) is 35.6. The predicted molar refractivity (Wildman–Crippen MR) is 221 cm³/mol. The zero-order chi connectivity index (χ0) is 36.8. The first-order valence-corrected chi connectivity index (χ1v) is 21.6. The van der Waals surface area contributed by atoms with Gasteiger partial charge in [0, 0.05) is 37.4 Å². The fourth-order valence-electron chi connectivity index (χ4n) is 7.39. The van der Waals surface area contributed by atoms with Crippen LogP contribution in [0.3, 0.4) is 0 Å². The van der Waals surface area contributed by atoms with Gasteiger partial charge in [0.15, 0.2) is 0 Å². The van der Waals surface area contributed by atoms with Gasteiger partial charge in [0.05, 0.1) is 30.5 Å². The molecular formula is C47H47IrN3OSi-2. The average Bonchev–Trinajstić information content (AvgIpc) is 3.66. The van der Waals surface area contributed by atoms with Crippen LogP contribution in [0.4, 0.5) is 0 Å². The Labute approximate surface area is 328 Å². The first-order chi connectivity index (χ1) is 24.8. The third kappa shape index (κ3) is 7.87. The molecule has 0 amide bonds. The van der Waals surface area contributed by atoms with Crippen molar-refractivity contribution in [3.8, 4) is 28.3 Å². The van der Waals surface area contributed by atoms with Crippen LogP contribution in [-0.2, 0) is 26.5 Å².